The summed E-state index contributed by atoms with van der Waals surface area (Å²) in [6.07, 6.45) is 6.86. The normalized spacial score (nSPS) is 20.5. The van der Waals surface area contributed by atoms with Gasteiger partial charge in [0.2, 0.25) is 0 Å². The highest BCUT2D eigenvalue weighted by atomic mass is 16.2. The van der Waals surface area contributed by atoms with Crippen LogP contribution in [0.4, 0.5) is 10.6 Å². The first-order valence-corrected chi connectivity index (χ1v) is 8.89. The molecule has 0 aromatic carbocycles. The fraction of sp³-hybridized carbons (Fsp3) is 0.750. The predicted octanol–water partition coefficient (Wildman–Crippen LogP) is 1.69. The number of rotatable bonds is 5. The van der Waals surface area contributed by atoms with Crippen molar-refractivity contribution in [3.05, 3.63) is 5.69 Å². The van der Waals surface area contributed by atoms with Crippen molar-refractivity contribution in [3.8, 4) is 0 Å². The lowest BCUT2D eigenvalue weighted by Crippen LogP contribution is -2.42. The number of H-pyrrole nitrogens is 1. The number of aromatic amines is 1. The van der Waals surface area contributed by atoms with E-state index < -0.39 is 0 Å². The summed E-state index contributed by atoms with van der Waals surface area (Å²) >= 11 is 0. The molecule has 1 aromatic heterocycles. The van der Waals surface area contributed by atoms with Crippen LogP contribution in [0.5, 0.6) is 0 Å². The summed E-state index contributed by atoms with van der Waals surface area (Å²) in [7, 11) is 1.85. The van der Waals surface area contributed by atoms with Crippen LogP contribution in [0.15, 0.2) is 0 Å². The molecule has 2 saturated carbocycles. The standard InChI is InChI=1S/C16H24N6O2/c1-21(13(10-4-5-10)11-6-7-11)16(24)17-14-12(18-20-19-14)15(23)22-8-2-3-9-22/h10-11,13H,2-9H2,1H3,(H2,17,18,19,20,24). The molecule has 3 fully saturated rings. The lowest BCUT2D eigenvalue weighted by Gasteiger charge is -2.28. The molecule has 4 rings (SSSR count). The smallest absolute Gasteiger partial charge is 0.323 e. The summed E-state index contributed by atoms with van der Waals surface area (Å²) in [5.74, 6) is 1.33. The molecule has 3 aliphatic rings. The summed E-state index contributed by atoms with van der Waals surface area (Å²) < 4.78 is 0. The molecule has 0 atom stereocenters. The molecule has 0 spiro atoms. The van der Waals surface area contributed by atoms with Crippen molar-refractivity contribution in [2.24, 2.45) is 11.8 Å². The number of carbonyl (C=O) groups excluding carboxylic acids is 2. The number of nitrogens with one attached hydrogen (secondary N) is 2. The van der Waals surface area contributed by atoms with Gasteiger partial charge in [0, 0.05) is 26.2 Å². The van der Waals surface area contributed by atoms with E-state index in [9.17, 15) is 9.59 Å². The molecule has 1 aromatic rings. The Morgan fingerprint density at radius 3 is 2.38 bits per heavy atom. The van der Waals surface area contributed by atoms with Gasteiger partial charge in [0.15, 0.2) is 11.5 Å². The number of anilines is 1. The third kappa shape index (κ3) is 2.97. The summed E-state index contributed by atoms with van der Waals surface area (Å²) in [6, 6.07) is 0.109. The molecule has 2 N–H and O–H groups in total. The Morgan fingerprint density at radius 2 is 1.79 bits per heavy atom. The molecule has 0 unspecified atom stereocenters. The van der Waals surface area contributed by atoms with Gasteiger partial charge in [-0.15, -0.1) is 10.2 Å². The van der Waals surface area contributed by atoms with Gasteiger partial charge in [-0.25, -0.2) is 4.79 Å². The first-order chi connectivity index (χ1) is 11.6. The van der Waals surface area contributed by atoms with Crippen LogP contribution >= 0.6 is 0 Å². The van der Waals surface area contributed by atoms with Gasteiger partial charge in [0.25, 0.3) is 5.91 Å². The summed E-state index contributed by atoms with van der Waals surface area (Å²) in [4.78, 5) is 28.7. The van der Waals surface area contributed by atoms with E-state index in [1.807, 2.05) is 7.05 Å². The Kier molecular flexibility index (Phi) is 3.90. The minimum atomic E-state index is -0.205. The van der Waals surface area contributed by atoms with Crippen molar-refractivity contribution < 1.29 is 9.59 Å². The van der Waals surface area contributed by atoms with Crippen LogP contribution in [0, 0.1) is 11.8 Å². The van der Waals surface area contributed by atoms with Gasteiger partial charge in [0.05, 0.1) is 0 Å². The zero-order chi connectivity index (χ0) is 16.7. The van der Waals surface area contributed by atoms with Gasteiger partial charge in [-0.3, -0.25) is 10.1 Å². The topological polar surface area (TPSA) is 94.2 Å². The van der Waals surface area contributed by atoms with E-state index in [0.717, 1.165) is 25.9 Å². The third-order valence-electron chi connectivity index (χ3n) is 5.35. The SMILES string of the molecule is CN(C(=O)Nc1n[nH]nc1C(=O)N1CCCC1)C(C1CC1)C1CC1. The summed E-state index contributed by atoms with van der Waals surface area (Å²) in [5.41, 5.74) is 0.202. The second kappa shape index (κ2) is 6.07. The number of hydrogen-bond acceptors (Lipinski definition) is 4. The average Bonchev–Trinajstić information content (AvgIpc) is 3.49. The van der Waals surface area contributed by atoms with E-state index in [1.165, 1.54) is 25.7 Å². The molecule has 2 aliphatic carbocycles. The van der Waals surface area contributed by atoms with E-state index in [1.54, 1.807) is 9.80 Å². The number of amides is 3. The second-order valence-corrected chi connectivity index (χ2v) is 7.23. The van der Waals surface area contributed by atoms with Crippen molar-refractivity contribution in [2.45, 2.75) is 44.6 Å². The molecule has 3 amide bonds. The van der Waals surface area contributed by atoms with Crippen LogP contribution in [0.25, 0.3) is 0 Å². The third-order valence-corrected chi connectivity index (χ3v) is 5.35. The maximum Gasteiger partial charge on any atom is 0.323 e. The first-order valence-electron chi connectivity index (χ1n) is 8.89. The quantitative estimate of drug-likeness (QED) is 0.858. The largest absolute Gasteiger partial charge is 0.337 e. The fourth-order valence-electron chi connectivity index (χ4n) is 3.75. The number of carbonyl (C=O) groups is 2. The van der Waals surface area contributed by atoms with E-state index in [-0.39, 0.29) is 23.5 Å². The van der Waals surface area contributed by atoms with E-state index in [2.05, 4.69) is 20.7 Å². The minimum absolute atomic E-state index is 0.167. The summed E-state index contributed by atoms with van der Waals surface area (Å²) in [5, 5.41) is 13.2. The number of nitrogens with zero attached hydrogens (tertiary/aromatic N) is 4. The average molecular weight is 332 g/mol. The molecule has 0 radical (unpaired) electrons. The molecule has 2 heterocycles. The van der Waals surface area contributed by atoms with Crippen molar-refractivity contribution in [2.75, 3.05) is 25.5 Å². The molecule has 0 bridgehead atoms. The molecule has 1 saturated heterocycles. The second-order valence-electron chi connectivity index (χ2n) is 7.23. The van der Waals surface area contributed by atoms with Gasteiger partial charge in [0.1, 0.15) is 0 Å². The highest BCUT2D eigenvalue weighted by molar-refractivity contribution is 6.00. The molecule has 130 valence electrons. The van der Waals surface area contributed by atoms with Crippen LogP contribution in [0.1, 0.15) is 49.0 Å². The highest BCUT2D eigenvalue weighted by Crippen LogP contribution is 2.46. The van der Waals surface area contributed by atoms with Crippen LogP contribution in [-0.2, 0) is 0 Å². The van der Waals surface area contributed by atoms with Crippen molar-refractivity contribution in [1.82, 2.24) is 25.2 Å². The predicted molar refractivity (Wildman–Crippen MR) is 87.5 cm³/mol. The van der Waals surface area contributed by atoms with Gasteiger partial charge in [-0.1, -0.05) is 0 Å². The fourth-order valence-corrected chi connectivity index (χ4v) is 3.75. The van der Waals surface area contributed by atoms with E-state index in [0.29, 0.717) is 17.9 Å². The zero-order valence-corrected chi connectivity index (χ0v) is 14.0. The van der Waals surface area contributed by atoms with Crippen molar-refractivity contribution in [3.63, 3.8) is 0 Å². The van der Waals surface area contributed by atoms with Crippen LogP contribution in [-0.4, -0.2) is 63.3 Å². The van der Waals surface area contributed by atoms with E-state index in [4.69, 9.17) is 0 Å². The molecule has 8 heteroatoms. The Morgan fingerprint density at radius 1 is 1.17 bits per heavy atom. The molecule has 8 nitrogen and oxygen atoms in total. The number of urea groups is 1. The lowest BCUT2D eigenvalue weighted by atomic mass is 10.1. The maximum absolute atomic E-state index is 12.6. The van der Waals surface area contributed by atoms with Gasteiger partial charge >= 0.3 is 6.03 Å². The monoisotopic (exact) mass is 332 g/mol. The molecule has 24 heavy (non-hydrogen) atoms. The van der Waals surface area contributed by atoms with Crippen LogP contribution < -0.4 is 5.32 Å². The zero-order valence-electron chi connectivity index (χ0n) is 14.0. The Bertz CT molecular complexity index is 618. The first kappa shape index (κ1) is 15.4. The van der Waals surface area contributed by atoms with Gasteiger partial charge in [-0.2, -0.15) is 5.21 Å². The maximum atomic E-state index is 12.6. The molecular weight excluding hydrogens is 308 g/mol. The van der Waals surface area contributed by atoms with Gasteiger partial charge < -0.3 is 9.80 Å². The van der Waals surface area contributed by atoms with E-state index >= 15 is 0 Å². The van der Waals surface area contributed by atoms with Gasteiger partial charge in [-0.05, 0) is 50.4 Å². The molecule has 1 aliphatic heterocycles. The van der Waals surface area contributed by atoms with Crippen LogP contribution in [0.3, 0.4) is 0 Å². The number of likely N-dealkylation sites (tertiary alicyclic amines) is 1. The Labute approximate surface area is 141 Å². The minimum Gasteiger partial charge on any atom is -0.337 e. The Balaban J connectivity index is 1.44. The van der Waals surface area contributed by atoms with Crippen molar-refractivity contribution in [1.29, 1.82) is 0 Å². The van der Waals surface area contributed by atoms with Crippen molar-refractivity contribution >= 4 is 17.8 Å². The van der Waals surface area contributed by atoms with Crippen LogP contribution in [0.2, 0.25) is 0 Å². The highest BCUT2D eigenvalue weighted by Gasteiger charge is 2.45. The molecular formula is C16H24N6O2. The lowest BCUT2D eigenvalue weighted by molar-refractivity contribution is 0.0788. The Hall–Kier alpha value is -2.12. The number of aromatic nitrogens is 3. The summed E-state index contributed by atoms with van der Waals surface area (Å²) in [6.45, 7) is 1.48. The number of hydrogen-bond donors (Lipinski definition) is 2.